The minimum Gasteiger partial charge on any atom is -0.496 e. The number of nitrogens with zero attached hydrogens (tertiary/aromatic N) is 1. The second-order valence-electron chi connectivity index (χ2n) is 5.39. The summed E-state index contributed by atoms with van der Waals surface area (Å²) in [7, 11) is 6.02. The van der Waals surface area contributed by atoms with E-state index in [2.05, 4.69) is 46.3 Å². The van der Waals surface area contributed by atoms with E-state index >= 15 is 0 Å². The molecular formula is C15H23BrN2O. The van der Waals surface area contributed by atoms with Gasteiger partial charge in [0.15, 0.2) is 0 Å². The van der Waals surface area contributed by atoms with E-state index in [0.29, 0.717) is 12.1 Å². The van der Waals surface area contributed by atoms with E-state index in [1.807, 2.05) is 12.1 Å². The molecule has 0 bridgehead atoms. The molecule has 0 aliphatic carbocycles. The fraction of sp³-hybridized carbons (Fsp3) is 0.600. The summed E-state index contributed by atoms with van der Waals surface area (Å²) < 4.78 is 6.63. The van der Waals surface area contributed by atoms with Crippen LogP contribution in [0.2, 0.25) is 0 Å². The smallest absolute Gasteiger partial charge is 0.123 e. The van der Waals surface area contributed by atoms with Crippen molar-refractivity contribution in [3.8, 4) is 5.75 Å². The molecule has 1 saturated heterocycles. The molecule has 0 saturated carbocycles. The third kappa shape index (κ3) is 3.71. The average molecular weight is 327 g/mol. The molecule has 4 heteroatoms. The Morgan fingerprint density at radius 2 is 2.26 bits per heavy atom. The molecule has 1 heterocycles. The summed E-state index contributed by atoms with van der Waals surface area (Å²) in [4.78, 5) is 2.28. The Labute approximate surface area is 124 Å². The average Bonchev–Trinajstić information content (AvgIpc) is 2.88. The molecule has 2 rings (SSSR count). The summed E-state index contributed by atoms with van der Waals surface area (Å²) in [6.45, 7) is 1.15. The van der Waals surface area contributed by atoms with Crippen LogP contribution in [0.4, 0.5) is 0 Å². The van der Waals surface area contributed by atoms with E-state index in [1.54, 1.807) is 7.11 Å². The van der Waals surface area contributed by atoms with Crippen molar-refractivity contribution in [2.45, 2.75) is 31.3 Å². The van der Waals surface area contributed by atoms with Crippen LogP contribution in [0.25, 0.3) is 0 Å². The van der Waals surface area contributed by atoms with Crippen molar-refractivity contribution in [1.82, 2.24) is 10.2 Å². The van der Waals surface area contributed by atoms with Crippen LogP contribution >= 0.6 is 15.9 Å². The Hall–Kier alpha value is -0.580. The lowest BCUT2D eigenvalue weighted by atomic mass is 9.96. The monoisotopic (exact) mass is 326 g/mol. The molecule has 1 fully saturated rings. The molecule has 1 aliphatic rings. The zero-order valence-electron chi connectivity index (χ0n) is 11.9. The van der Waals surface area contributed by atoms with Gasteiger partial charge in [0.1, 0.15) is 5.75 Å². The summed E-state index contributed by atoms with van der Waals surface area (Å²) in [5.74, 6) is 0.972. The molecule has 0 aromatic heterocycles. The molecule has 0 spiro atoms. The zero-order valence-corrected chi connectivity index (χ0v) is 13.5. The fourth-order valence-corrected chi connectivity index (χ4v) is 3.19. The fourth-order valence-electron chi connectivity index (χ4n) is 2.81. The number of rotatable bonds is 5. The van der Waals surface area contributed by atoms with Crippen molar-refractivity contribution in [2.24, 2.45) is 0 Å². The first-order valence-electron chi connectivity index (χ1n) is 6.85. The lowest BCUT2D eigenvalue weighted by Crippen LogP contribution is -2.30. The Morgan fingerprint density at radius 1 is 1.47 bits per heavy atom. The van der Waals surface area contributed by atoms with Gasteiger partial charge in [-0.2, -0.15) is 0 Å². The number of halogens is 1. The van der Waals surface area contributed by atoms with Crippen LogP contribution in [0.3, 0.4) is 0 Å². The molecule has 1 aromatic rings. The number of hydrogen-bond donors (Lipinski definition) is 1. The predicted molar refractivity (Wildman–Crippen MR) is 82.8 cm³/mol. The van der Waals surface area contributed by atoms with Crippen LogP contribution in [0.5, 0.6) is 5.75 Å². The van der Waals surface area contributed by atoms with Crippen molar-refractivity contribution in [3.05, 3.63) is 28.2 Å². The third-order valence-electron chi connectivity index (χ3n) is 3.84. The topological polar surface area (TPSA) is 24.5 Å². The van der Waals surface area contributed by atoms with Gasteiger partial charge >= 0.3 is 0 Å². The predicted octanol–water partition coefficient (Wildman–Crippen LogP) is 3.20. The van der Waals surface area contributed by atoms with Crippen LogP contribution < -0.4 is 10.1 Å². The number of benzene rings is 1. The summed E-state index contributed by atoms with van der Waals surface area (Å²) >= 11 is 3.57. The summed E-state index contributed by atoms with van der Waals surface area (Å²) in [6.07, 6.45) is 3.70. The molecule has 1 aromatic carbocycles. The molecule has 106 valence electrons. The van der Waals surface area contributed by atoms with Crippen LogP contribution in [0.1, 0.15) is 30.9 Å². The first kappa shape index (κ1) is 14.8. The van der Waals surface area contributed by atoms with Crippen molar-refractivity contribution < 1.29 is 4.74 Å². The molecule has 2 atom stereocenters. The molecule has 19 heavy (non-hydrogen) atoms. The first-order valence-corrected chi connectivity index (χ1v) is 7.64. The van der Waals surface area contributed by atoms with Crippen LogP contribution in [-0.4, -0.2) is 38.7 Å². The lowest BCUT2D eigenvalue weighted by molar-refractivity contribution is 0.255. The number of methoxy groups -OCH3 is 1. The minimum absolute atomic E-state index is 0.378. The van der Waals surface area contributed by atoms with Crippen LogP contribution in [-0.2, 0) is 0 Å². The van der Waals surface area contributed by atoms with E-state index in [1.165, 1.54) is 18.4 Å². The zero-order chi connectivity index (χ0) is 13.8. The maximum atomic E-state index is 5.53. The minimum atomic E-state index is 0.378. The van der Waals surface area contributed by atoms with Crippen molar-refractivity contribution in [1.29, 1.82) is 0 Å². The Balaban J connectivity index is 2.24. The standard InChI is InChI=1S/C15H23BrN2O/c1-18(2)14(10-12-5-4-8-17-12)13-9-11(16)6-7-15(13)19-3/h6-7,9,12,14,17H,4-5,8,10H2,1-3H3. The maximum Gasteiger partial charge on any atom is 0.123 e. The van der Waals surface area contributed by atoms with E-state index in [-0.39, 0.29) is 0 Å². The molecule has 1 N–H and O–H groups in total. The molecule has 1 aliphatic heterocycles. The van der Waals surface area contributed by atoms with Gasteiger partial charge in [0.25, 0.3) is 0 Å². The second kappa shape index (κ2) is 6.73. The number of ether oxygens (including phenoxy) is 1. The highest BCUT2D eigenvalue weighted by Crippen LogP contribution is 2.34. The largest absolute Gasteiger partial charge is 0.496 e. The number of nitrogens with one attached hydrogen (secondary N) is 1. The molecule has 0 amide bonds. The first-order chi connectivity index (χ1) is 9.11. The molecular weight excluding hydrogens is 304 g/mol. The Morgan fingerprint density at radius 3 is 2.84 bits per heavy atom. The maximum absolute atomic E-state index is 5.53. The van der Waals surface area contributed by atoms with Crippen LogP contribution in [0.15, 0.2) is 22.7 Å². The van der Waals surface area contributed by atoms with E-state index in [4.69, 9.17) is 4.74 Å². The highest BCUT2D eigenvalue weighted by atomic mass is 79.9. The Bertz CT molecular complexity index is 417. The molecule has 0 radical (unpaired) electrons. The molecule has 2 unspecified atom stereocenters. The van der Waals surface area contributed by atoms with Gasteiger partial charge in [0.2, 0.25) is 0 Å². The summed E-state index contributed by atoms with van der Waals surface area (Å²) in [5, 5.41) is 3.58. The van der Waals surface area contributed by atoms with Gasteiger partial charge in [-0.25, -0.2) is 0 Å². The lowest BCUT2D eigenvalue weighted by Gasteiger charge is -2.29. The molecule has 3 nitrogen and oxygen atoms in total. The van der Waals surface area contributed by atoms with Gasteiger partial charge in [-0.05, 0) is 58.1 Å². The quantitative estimate of drug-likeness (QED) is 0.899. The second-order valence-corrected chi connectivity index (χ2v) is 6.31. The van der Waals surface area contributed by atoms with Crippen molar-refractivity contribution >= 4 is 15.9 Å². The number of hydrogen-bond acceptors (Lipinski definition) is 3. The van der Waals surface area contributed by atoms with Gasteiger partial charge < -0.3 is 15.0 Å². The summed E-state index contributed by atoms with van der Waals surface area (Å²) in [5.41, 5.74) is 1.26. The van der Waals surface area contributed by atoms with E-state index in [0.717, 1.165) is 23.2 Å². The summed E-state index contributed by atoms with van der Waals surface area (Å²) in [6, 6.07) is 7.25. The normalized spacial score (nSPS) is 20.8. The van der Waals surface area contributed by atoms with E-state index < -0.39 is 0 Å². The highest BCUT2D eigenvalue weighted by Gasteiger charge is 2.24. The van der Waals surface area contributed by atoms with E-state index in [9.17, 15) is 0 Å². The van der Waals surface area contributed by atoms with Crippen molar-refractivity contribution in [3.63, 3.8) is 0 Å². The van der Waals surface area contributed by atoms with Gasteiger partial charge in [-0.15, -0.1) is 0 Å². The van der Waals surface area contributed by atoms with Crippen molar-refractivity contribution in [2.75, 3.05) is 27.7 Å². The highest BCUT2D eigenvalue weighted by molar-refractivity contribution is 9.10. The third-order valence-corrected chi connectivity index (χ3v) is 4.34. The van der Waals surface area contributed by atoms with Gasteiger partial charge in [0, 0.05) is 22.1 Å². The van der Waals surface area contributed by atoms with Gasteiger partial charge in [-0.1, -0.05) is 15.9 Å². The Kier molecular flexibility index (Phi) is 5.25. The van der Waals surface area contributed by atoms with Gasteiger partial charge in [0.05, 0.1) is 7.11 Å². The SMILES string of the molecule is COc1ccc(Br)cc1C(CC1CCCN1)N(C)C. The van der Waals surface area contributed by atoms with Crippen LogP contribution in [0, 0.1) is 0 Å². The van der Waals surface area contributed by atoms with Gasteiger partial charge in [-0.3, -0.25) is 0 Å².